The zero-order valence-electron chi connectivity index (χ0n) is 10.8. The molecule has 1 atom stereocenters. The van der Waals surface area contributed by atoms with Gasteiger partial charge < -0.3 is 0 Å². The molecule has 0 bridgehead atoms. The van der Waals surface area contributed by atoms with Gasteiger partial charge in [0.25, 0.3) is 0 Å². The number of aryl methyl sites for hydroxylation is 1. The number of nitrogens with zero attached hydrogens (tertiary/aromatic N) is 3. The standard InChI is InChI=1S/C13H20ClN3S/c1-16-7-11(14)12(15-16)8-17-5-6-18-9-13(17)10-3-2-4-10/h7,10,13H,2-6,8-9H2,1H3. The van der Waals surface area contributed by atoms with Gasteiger partial charge in [-0.25, -0.2) is 0 Å². The Bertz CT molecular complexity index is 416. The Morgan fingerprint density at radius 1 is 1.50 bits per heavy atom. The Labute approximate surface area is 118 Å². The molecule has 0 aromatic carbocycles. The lowest BCUT2D eigenvalue weighted by molar-refractivity contribution is 0.105. The van der Waals surface area contributed by atoms with E-state index in [1.807, 2.05) is 17.9 Å². The van der Waals surface area contributed by atoms with Gasteiger partial charge in [0, 0.05) is 43.9 Å². The highest BCUT2D eigenvalue weighted by atomic mass is 35.5. The van der Waals surface area contributed by atoms with Crippen molar-refractivity contribution in [1.82, 2.24) is 14.7 Å². The zero-order valence-corrected chi connectivity index (χ0v) is 12.4. The number of halogens is 1. The molecule has 1 aromatic rings. The maximum absolute atomic E-state index is 6.22. The van der Waals surface area contributed by atoms with Crippen molar-refractivity contribution < 1.29 is 0 Å². The molecule has 0 spiro atoms. The normalized spacial score (nSPS) is 26.2. The Morgan fingerprint density at radius 2 is 2.33 bits per heavy atom. The van der Waals surface area contributed by atoms with Gasteiger partial charge in [-0.2, -0.15) is 16.9 Å². The first-order chi connectivity index (χ1) is 8.74. The summed E-state index contributed by atoms with van der Waals surface area (Å²) in [4.78, 5) is 2.61. The fourth-order valence-corrected chi connectivity index (χ4v) is 4.41. The van der Waals surface area contributed by atoms with Crippen LogP contribution in [0.1, 0.15) is 25.0 Å². The van der Waals surface area contributed by atoms with Crippen molar-refractivity contribution in [3.63, 3.8) is 0 Å². The van der Waals surface area contributed by atoms with Crippen molar-refractivity contribution in [2.75, 3.05) is 18.1 Å². The smallest absolute Gasteiger partial charge is 0.0950 e. The van der Waals surface area contributed by atoms with Crippen LogP contribution in [0.2, 0.25) is 5.02 Å². The molecule has 0 amide bonds. The van der Waals surface area contributed by atoms with Gasteiger partial charge in [0.2, 0.25) is 0 Å². The van der Waals surface area contributed by atoms with E-state index in [9.17, 15) is 0 Å². The first-order valence-electron chi connectivity index (χ1n) is 6.74. The predicted molar refractivity (Wildman–Crippen MR) is 77.1 cm³/mol. The van der Waals surface area contributed by atoms with Crippen LogP contribution in [0.25, 0.3) is 0 Å². The lowest BCUT2D eigenvalue weighted by atomic mass is 9.79. The summed E-state index contributed by atoms with van der Waals surface area (Å²) in [6.45, 7) is 2.10. The second-order valence-corrected chi connectivity index (χ2v) is 6.96. The molecule has 5 heteroatoms. The molecule has 2 heterocycles. The summed E-state index contributed by atoms with van der Waals surface area (Å²) in [5.74, 6) is 3.45. The first-order valence-corrected chi connectivity index (χ1v) is 8.27. The highest BCUT2D eigenvalue weighted by Crippen LogP contribution is 2.36. The van der Waals surface area contributed by atoms with Crippen LogP contribution >= 0.6 is 23.4 Å². The number of hydrogen-bond acceptors (Lipinski definition) is 3. The number of hydrogen-bond donors (Lipinski definition) is 0. The second-order valence-electron chi connectivity index (χ2n) is 5.40. The van der Waals surface area contributed by atoms with Crippen LogP contribution in [-0.2, 0) is 13.6 Å². The van der Waals surface area contributed by atoms with E-state index in [0.29, 0.717) is 0 Å². The number of aromatic nitrogens is 2. The van der Waals surface area contributed by atoms with Crippen LogP contribution in [0, 0.1) is 5.92 Å². The van der Waals surface area contributed by atoms with E-state index in [0.717, 1.165) is 29.2 Å². The van der Waals surface area contributed by atoms with E-state index in [-0.39, 0.29) is 0 Å². The lowest BCUT2D eigenvalue weighted by Crippen LogP contribution is -2.48. The minimum Gasteiger partial charge on any atom is -0.293 e. The van der Waals surface area contributed by atoms with Gasteiger partial charge in [0.05, 0.1) is 10.7 Å². The van der Waals surface area contributed by atoms with E-state index in [1.54, 1.807) is 0 Å². The van der Waals surface area contributed by atoms with Gasteiger partial charge in [-0.3, -0.25) is 9.58 Å². The Kier molecular flexibility index (Phi) is 3.87. The summed E-state index contributed by atoms with van der Waals surface area (Å²) in [5.41, 5.74) is 1.04. The molecule has 1 saturated heterocycles. The van der Waals surface area contributed by atoms with E-state index < -0.39 is 0 Å². The molecule has 0 radical (unpaired) electrons. The van der Waals surface area contributed by atoms with Crippen molar-refractivity contribution in [3.8, 4) is 0 Å². The molecule has 18 heavy (non-hydrogen) atoms. The summed E-state index contributed by atoms with van der Waals surface area (Å²) in [7, 11) is 1.94. The van der Waals surface area contributed by atoms with Crippen LogP contribution in [0.15, 0.2) is 6.20 Å². The van der Waals surface area contributed by atoms with Crippen molar-refractivity contribution in [2.24, 2.45) is 13.0 Å². The molecular weight excluding hydrogens is 266 g/mol. The molecule has 0 N–H and O–H groups in total. The number of rotatable bonds is 3. The SMILES string of the molecule is Cn1cc(Cl)c(CN2CCSCC2C2CCC2)n1. The molecule has 3 rings (SSSR count). The van der Waals surface area contributed by atoms with Crippen molar-refractivity contribution >= 4 is 23.4 Å². The Balaban J connectivity index is 1.70. The molecule has 1 aliphatic carbocycles. The van der Waals surface area contributed by atoms with Gasteiger partial charge in [-0.05, 0) is 18.8 Å². The largest absolute Gasteiger partial charge is 0.293 e. The molecule has 3 nitrogen and oxygen atoms in total. The van der Waals surface area contributed by atoms with Crippen molar-refractivity contribution in [1.29, 1.82) is 0 Å². The quantitative estimate of drug-likeness (QED) is 0.852. The maximum Gasteiger partial charge on any atom is 0.0950 e. The third-order valence-electron chi connectivity index (χ3n) is 4.18. The number of thioether (sulfide) groups is 1. The summed E-state index contributed by atoms with van der Waals surface area (Å²) < 4.78 is 1.81. The molecule has 1 saturated carbocycles. The summed E-state index contributed by atoms with van der Waals surface area (Å²) in [5, 5.41) is 5.29. The molecule has 2 fully saturated rings. The molecule has 1 aromatic heterocycles. The van der Waals surface area contributed by atoms with Crippen molar-refractivity contribution in [2.45, 2.75) is 31.8 Å². The van der Waals surface area contributed by atoms with Crippen LogP contribution in [0.5, 0.6) is 0 Å². The Hall–Kier alpha value is -0.190. The topological polar surface area (TPSA) is 21.1 Å². The minimum atomic E-state index is 0.746. The average molecular weight is 286 g/mol. The van der Waals surface area contributed by atoms with Gasteiger partial charge in [-0.15, -0.1) is 0 Å². The predicted octanol–water partition coefficient (Wildman–Crippen LogP) is 2.79. The summed E-state index contributed by atoms with van der Waals surface area (Å²) in [6, 6.07) is 0.746. The highest BCUT2D eigenvalue weighted by molar-refractivity contribution is 7.99. The Morgan fingerprint density at radius 3 is 2.94 bits per heavy atom. The molecule has 1 aliphatic heterocycles. The highest BCUT2D eigenvalue weighted by Gasteiger charge is 2.34. The maximum atomic E-state index is 6.22. The third-order valence-corrected chi connectivity index (χ3v) is 5.55. The average Bonchev–Trinajstić information content (AvgIpc) is 2.58. The lowest BCUT2D eigenvalue weighted by Gasteiger charge is -2.43. The fourth-order valence-electron chi connectivity index (χ4n) is 2.92. The first kappa shape index (κ1) is 12.8. The van der Waals surface area contributed by atoms with Crippen LogP contribution in [0.3, 0.4) is 0 Å². The summed E-state index contributed by atoms with van der Waals surface area (Å²) in [6.07, 6.45) is 6.15. The summed E-state index contributed by atoms with van der Waals surface area (Å²) >= 11 is 8.33. The van der Waals surface area contributed by atoms with Crippen molar-refractivity contribution in [3.05, 3.63) is 16.9 Å². The fraction of sp³-hybridized carbons (Fsp3) is 0.769. The van der Waals surface area contributed by atoms with Gasteiger partial charge in [-0.1, -0.05) is 18.0 Å². The zero-order chi connectivity index (χ0) is 12.5. The van der Waals surface area contributed by atoms with Gasteiger partial charge in [0.1, 0.15) is 0 Å². The van der Waals surface area contributed by atoms with Crippen LogP contribution in [0.4, 0.5) is 0 Å². The van der Waals surface area contributed by atoms with Gasteiger partial charge >= 0.3 is 0 Å². The van der Waals surface area contributed by atoms with Gasteiger partial charge in [0.15, 0.2) is 0 Å². The molecular formula is C13H20ClN3S. The van der Waals surface area contributed by atoms with E-state index in [2.05, 4.69) is 21.8 Å². The monoisotopic (exact) mass is 285 g/mol. The third kappa shape index (κ3) is 2.56. The molecule has 2 aliphatic rings. The van der Waals surface area contributed by atoms with E-state index >= 15 is 0 Å². The molecule has 1 unspecified atom stereocenters. The van der Waals surface area contributed by atoms with Crippen LogP contribution in [-0.4, -0.2) is 38.8 Å². The van der Waals surface area contributed by atoms with E-state index in [4.69, 9.17) is 11.6 Å². The minimum absolute atomic E-state index is 0.746. The van der Waals surface area contributed by atoms with Crippen LogP contribution < -0.4 is 0 Å². The van der Waals surface area contributed by atoms with E-state index in [1.165, 1.54) is 37.3 Å². The molecule has 100 valence electrons. The second kappa shape index (κ2) is 5.43.